The lowest BCUT2D eigenvalue weighted by molar-refractivity contribution is -0.121. The number of likely N-dealkylation sites (N-methyl/N-ethyl adjacent to an activating group) is 1. The van der Waals surface area contributed by atoms with E-state index in [0.717, 1.165) is 23.6 Å². The zero-order valence-corrected chi connectivity index (χ0v) is 14.9. The van der Waals surface area contributed by atoms with E-state index >= 15 is 0 Å². The van der Waals surface area contributed by atoms with Crippen molar-refractivity contribution in [3.05, 3.63) is 30.3 Å². The van der Waals surface area contributed by atoms with Gasteiger partial charge >= 0.3 is 0 Å². The Hall–Kier alpha value is -1.44. The maximum absolute atomic E-state index is 12.3. The van der Waals surface area contributed by atoms with E-state index < -0.39 is 10.0 Å². The van der Waals surface area contributed by atoms with E-state index in [4.69, 9.17) is 4.74 Å². The van der Waals surface area contributed by atoms with Gasteiger partial charge in [-0.05, 0) is 31.4 Å². The maximum Gasteiger partial charge on any atom is 0.243 e. The predicted octanol–water partition coefficient (Wildman–Crippen LogP) is 1.77. The van der Waals surface area contributed by atoms with Gasteiger partial charge in [-0.25, -0.2) is 8.42 Å². The van der Waals surface area contributed by atoms with Gasteiger partial charge in [-0.2, -0.15) is 4.31 Å². The molecule has 1 N–H and O–H groups in total. The van der Waals surface area contributed by atoms with Gasteiger partial charge in [0.25, 0.3) is 0 Å². The second kappa shape index (κ2) is 9.15. The molecule has 1 aromatic carbocycles. The quantitative estimate of drug-likeness (QED) is 0.686. The smallest absolute Gasteiger partial charge is 0.243 e. The zero-order valence-electron chi connectivity index (χ0n) is 14.1. The number of amides is 1. The Kier molecular flexibility index (Phi) is 7.20. The fourth-order valence-corrected chi connectivity index (χ4v) is 3.87. The third-order valence-electron chi connectivity index (χ3n) is 4.12. The van der Waals surface area contributed by atoms with Gasteiger partial charge < -0.3 is 10.1 Å². The highest BCUT2D eigenvalue weighted by Crippen LogP contribution is 2.20. The van der Waals surface area contributed by atoms with E-state index in [1.807, 2.05) is 0 Å². The summed E-state index contributed by atoms with van der Waals surface area (Å²) in [6, 6.07) is 8.10. The molecule has 1 aliphatic rings. The van der Waals surface area contributed by atoms with Crippen LogP contribution in [0.4, 0.5) is 0 Å². The minimum absolute atomic E-state index is 0.185. The standard InChI is InChI=1S/C17H26N2O4S/c1-19(24(21,22)16-10-3-2-4-11-16)14-17(20)18-12-7-13-23-15-8-5-6-9-15/h2-4,10-11,15H,5-9,12-14H2,1H3,(H,18,20). The average Bonchev–Trinajstić information content (AvgIpc) is 3.08. The van der Waals surface area contributed by atoms with Crippen molar-refractivity contribution in [2.45, 2.75) is 43.1 Å². The molecule has 0 aromatic heterocycles. The molecular formula is C17H26N2O4S. The predicted molar refractivity (Wildman–Crippen MR) is 92.1 cm³/mol. The summed E-state index contributed by atoms with van der Waals surface area (Å²) in [4.78, 5) is 12.1. The molecule has 0 bridgehead atoms. The first-order valence-corrected chi connectivity index (χ1v) is 9.84. The van der Waals surface area contributed by atoms with Gasteiger partial charge in [0.2, 0.25) is 15.9 Å². The van der Waals surface area contributed by atoms with E-state index in [9.17, 15) is 13.2 Å². The van der Waals surface area contributed by atoms with Crippen molar-refractivity contribution in [3.63, 3.8) is 0 Å². The monoisotopic (exact) mass is 354 g/mol. The van der Waals surface area contributed by atoms with Crippen molar-refractivity contribution in [1.82, 2.24) is 9.62 Å². The molecule has 0 aliphatic heterocycles. The van der Waals surface area contributed by atoms with Crippen molar-refractivity contribution in [2.75, 3.05) is 26.7 Å². The third kappa shape index (κ3) is 5.58. The van der Waals surface area contributed by atoms with Crippen LogP contribution in [0.25, 0.3) is 0 Å². The number of hydrogen-bond donors (Lipinski definition) is 1. The molecule has 0 heterocycles. The van der Waals surface area contributed by atoms with E-state index in [1.54, 1.807) is 18.2 Å². The fraction of sp³-hybridized carbons (Fsp3) is 0.588. The number of carbonyl (C=O) groups excluding carboxylic acids is 1. The number of benzene rings is 1. The SMILES string of the molecule is CN(CC(=O)NCCCOC1CCCC1)S(=O)(=O)c1ccccc1. The molecular weight excluding hydrogens is 328 g/mol. The molecule has 7 heteroatoms. The molecule has 0 unspecified atom stereocenters. The lowest BCUT2D eigenvalue weighted by Gasteiger charge is -2.17. The Morgan fingerprint density at radius 1 is 1.25 bits per heavy atom. The van der Waals surface area contributed by atoms with Crippen molar-refractivity contribution >= 4 is 15.9 Å². The Labute approximate surface area is 144 Å². The summed E-state index contributed by atoms with van der Waals surface area (Å²) in [5, 5.41) is 2.74. The minimum Gasteiger partial charge on any atom is -0.378 e. The first-order valence-electron chi connectivity index (χ1n) is 8.40. The van der Waals surface area contributed by atoms with Gasteiger partial charge in [-0.1, -0.05) is 31.0 Å². The Morgan fingerprint density at radius 3 is 2.58 bits per heavy atom. The van der Waals surface area contributed by atoms with Crippen molar-refractivity contribution in [3.8, 4) is 0 Å². The molecule has 1 aliphatic carbocycles. The molecule has 6 nitrogen and oxygen atoms in total. The lowest BCUT2D eigenvalue weighted by atomic mass is 10.3. The molecule has 2 rings (SSSR count). The molecule has 1 aromatic rings. The van der Waals surface area contributed by atoms with Gasteiger partial charge in [0, 0.05) is 20.2 Å². The molecule has 1 amide bonds. The zero-order chi connectivity index (χ0) is 17.4. The second-order valence-corrected chi connectivity index (χ2v) is 8.10. The van der Waals surface area contributed by atoms with Crippen LogP contribution in [0.5, 0.6) is 0 Å². The molecule has 0 radical (unpaired) electrons. The summed E-state index contributed by atoms with van der Waals surface area (Å²) in [6.45, 7) is 0.925. The summed E-state index contributed by atoms with van der Waals surface area (Å²) >= 11 is 0. The number of carbonyl (C=O) groups is 1. The van der Waals surface area contributed by atoms with Crippen molar-refractivity contribution in [2.24, 2.45) is 0 Å². The summed E-state index contributed by atoms with van der Waals surface area (Å²) in [5.74, 6) is -0.308. The molecule has 24 heavy (non-hydrogen) atoms. The second-order valence-electron chi connectivity index (χ2n) is 6.05. The highest BCUT2D eigenvalue weighted by Gasteiger charge is 2.22. The first-order chi connectivity index (χ1) is 11.5. The normalized spacial score (nSPS) is 15.8. The minimum atomic E-state index is -3.63. The van der Waals surface area contributed by atoms with E-state index in [-0.39, 0.29) is 17.3 Å². The Balaban J connectivity index is 1.67. The third-order valence-corrected chi connectivity index (χ3v) is 5.93. The van der Waals surface area contributed by atoms with Gasteiger partial charge in [0.1, 0.15) is 0 Å². The first kappa shape index (κ1) is 18.9. The Bertz CT molecular complexity index is 613. The number of nitrogens with zero attached hydrogens (tertiary/aromatic N) is 1. The Morgan fingerprint density at radius 2 is 1.92 bits per heavy atom. The largest absolute Gasteiger partial charge is 0.378 e. The van der Waals surface area contributed by atoms with Crippen LogP contribution in [0, 0.1) is 0 Å². The molecule has 1 fully saturated rings. The van der Waals surface area contributed by atoms with E-state index in [0.29, 0.717) is 19.3 Å². The number of nitrogens with one attached hydrogen (secondary N) is 1. The van der Waals surface area contributed by atoms with Crippen LogP contribution in [0.2, 0.25) is 0 Å². The number of hydrogen-bond acceptors (Lipinski definition) is 4. The fourth-order valence-electron chi connectivity index (χ4n) is 2.72. The van der Waals surface area contributed by atoms with Gasteiger partial charge in [0.05, 0.1) is 17.5 Å². The van der Waals surface area contributed by atoms with Crippen LogP contribution < -0.4 is 5.32 Å². The highest BCUT2D eigenvalue weighted by molar-refractivity contribution is 7.89. The van der Waals surface area contributed by atoms with Gasteiger partial charge in [0.15, 0.2) is 0 Å². The van der Waals surface area contributed by atoms with Crippen LogP contribution in [-0.4, -0.2) is 51.5 Å². The maximum atomic E-state index is 12.3. The van der Waals surface area contributed by atoms with E-state index in [1.165, 1.54) is 32.0 Å². The highest BCUT2D eigenvalue weighted by atomic mass is 32.2. The van der Waals surface area contributed by atoms with Crippen LogP contribution in [0.15, 0.2) is 35.2 Å². The van der Waals surface area contributed by atoms with E-state index in [2.05, 4.69) is 5.32 Å². The average molecular weight is 354 g/mol. The molecule has 134 valence electrons. The molecule has 0 atom stereocenters. The lowest BCUT2D eigenvalue weighted by Crippen LogP contribution is -2.38. The number of ether oxygens (including phenoxy) is 1. The summed E-state index contributed by atoms with van der Waals surface area (Å²) < 4.78 is 31.4. The number of sulfonamides is 1. The van der Waals surface area contributed by atoms with Crippen LogP contribution in [0.3, 0.4) is 0 Å². The summed E-state index contributed by atoms with van der Waals surface area (Å²) in [6.07, 6.45) is 5.86. The molecule has 0 spiro atoms. The van der Waals surface area contributed by atoms with Crippen LogP contribution >= 0.6 is 0 Å². The van der Waals surface area contributed by atoms with Crippen LogP contribution in [0.1, 0.15) is 32.1 Å². The summed E-state index contributed by atoms with van der Waals surface area (Å²) in [5.41, 5.74) is 0. The summed E-state index contributed by atoms with van der Waals surface area (Å²) in [7, 11) is -2.22. The van der Waals surface area contributed by atoms with Crippen molar-refractivity contribution in [1.29, 1.82) is 0 Å². The van der Waals surface area contributed by atoms with Crippen LogP contribution in [-0.2, 0) is 19.6 Å². The van der Waals surface area contributed by atoms with Gasteiger partial charge in [-0.15, -0.1) is 0 Å². The number of rotatable bonds is 9. The topological polar surface area (TPSA) is 75.7 Å². The van der Waals surface area contributed by atoms with Crippen molar-refractivity contribution < 1.29 is 17.9 Å². The molecule has 0 saturated heterocycles. The molecule has 1 saturated carbocycles. The van der Waals surface area contributed by atoms with Gasteiger partial charge in [-0.3, -0.25) is 4.79 Å².